The molecular weight excluding hydrogens is 1730 g/mol. The van der Waals surface area contributed by atoms with E-state index in [2.05, 4.69) is 39.5 Å². The predicted octanol–water partition coefficient (Wildman–Crippen LogP) is 17.8. The number of anilines is 4. The van der Waals surface area contributed by atoms with Gasteiger partial charge in [0.15, 0.2) is 11.5 Å². The maximum atomic E-state index is 12.9. The number of ether oxygens (including phenoxy) is 4. The van der Waals surface area contributed by atoms with Crippen molar-refractivity contribution in [2.24, 2.45) is 0 Å². The summed E-state index contributed by atoms with van der Waals surface area (Å²) in [6.45, 7) is 9.27. The minimum Gasteiger partial charge on any atom is -0.497 e. The predicted molar refractivity (Wildman–Crippen MR) is 500 cm³/mol. The minimum absolute atomic E-state index is 0.296. The minimum atomic E-state index is -0.324. The van der Waals surface area contributed by atoms with Crippen LogP contribution in [0.4, 0.5) is 23.8 Å². The summed E-state index contributed by atoms with van der Waals surface area (Å²) in [4.78, 5) is 78.2. The van der Waals surface area contributed by atoms with Gasteiger partial charge in [-0.1, -0.05) is 157 Å². The van der Waals surface area contributed by atoms with E-state index >= 15 is 0 Å². The van der Waals surface area contributed by atoms with Gasteiger partial charge in [-0.2, -0.15) is 19.9 Å². The summed E-state index contributed by atoms with van der Waals surface area (Å²) in [5.74, 6) is 8.18. The van der Waals surface area contributed by atoms with E-state index < -0.39 is 0 Å². The number of nitrogens with zero attached hydrogens (tertiary/aromatic N) is 20. The molecule has 0 aliphatic carbocycles. The summed E-state index contributed by atoms with van der Waals surface area (Å²) < 4.78 is 36.6. The van der Waals surface area contributed by atoms with Crippen molar-refractivity contribution in [2.75, 3.05) is 100 Å². The van der Waals surface area contributed by atoms with Gasteiger partial charge in [0.2, 0.25) is 46.9 Å². The highest BCUT2D eigenvalue weighted by Gasteiger charge is 2.29. The van der Waals surface area contributed by atoms with Crippen LogP contribution in [0.15, 0.2) is 177 Å². The molecular formula is C92H94Cl6N20O8. The molecule has 0 bridgehead atoms. The SMILES string of the molecule is COc1ccc(Cn2nc(N3CCCCCC3)n3c4ccc(Cl)cc4c(=O)nc23)cc1.COc1ccc(Cn2nc(N3CCCCCC3)n3c4ccc(Cl)cc4c(=O)nc23)cc1OC.COc1cccc(Cn2nc(N3CCCCCC3)n3c4ccc(Cl)cc4c(=O)nc23)c1.O=c1nc2n(Cc3ccc(Cl)c(Cl)c3)nc(N3CCCCCC3)n2c2ccc(Cl)cc12. The molecule has 0 amide bonds. The van der Waals surface area contributed by atoms with Crippen LogP contribution in [0.1, 0.15) is 125 Å². The summed E-state index contributed by atoms with van der Waals surface area (Å²) in [7, 11) is 6.52. The number of hydrogen-bond acceptors (Lipinski definition) is 20. The second kappa shape index (κ2) is 38.7. The molecule has 0 radical (unpaired) electrons. The quantitative estimate of drug-likeness (QED) is 0.0870. The van der Waals surface area contributed by atoms with E-state index in [1.54, 1.807) is 86.3 Å². The van der Waals surface area contributed by atoms with Gasteiger partial charge in [0, 0.05) is 72.4 Å². The number of halogens is 6. The van der Waals surface area contributed by atoms with Crippen molar-refractivity contribution in [3.63, 3.8) is 0 Å². The van der Waals surface area contributed by atoms with Gasteiger partial charge in [-0.05, 0) is 195 Å². The lowest BCUT2D eigenvalue weighted by atomic mass is 10.2. The lowest BCUT2D eigenvalue weighted by molar-refractivity contribution is 0.354. The summed E-state index contributed by atoms with van der Waals surface area (Å²) >= 11 is 37.0. The van der Waals surface area contributed by atoms with E-state index in [1.807, 2.05) is 136 Å². The molecule has 4 aliphatic rings. The number of rotatable bonds is 16. The Labute approximate surface area is 754 Å². The zero-order chi connectivity index (χ0) is 87.2. The standard InChI is InChI=1S/C24H26ClN5O3.2C23H24ClN5O2.C22H20Cl3N5O/c1-32-20-10-7-16(13-21(20)33-2)15-29-23-26-22(31)18-14-17(25)8-9-19(18)30(23)24(27-29)28-11-5-3-4-6-12-28;1-31-18-9-6-16(7-10-18)15-28-22-25-21(30)19-14-17(24)8-11-20(19)29(22)23(26-28)27-12-4-2-3-5-13-27;1-31-18-8-6-7-16(13-18)15-28-22-25-21(30)19-14-17(24)9-10-20(19)29(22)23(26-28)27-11-4-2-3-5-12-27;23-15-6-8-19-16(12-15)20(31)26-21-29(13-14-5-7-17(24)18(25)11-14)27-22(30(19)21)28-9-3-1-2-4-10-28/h7-10,13-14H,3-6,11-12,15H2,1-2H3;6-11,14H,2-5,12-13,15H2,1H3;6-10,13-14H,2-5,11-12,15H2,1H3;5-8,11-12H,1-4,9-10,13H2. The number of benzene rings is 8. The highest BCUT2D eigenvalue weighted by molar-refractivity contribution is 6.42. The van der Waals surface area contributed by atoms with Crippen LogP contribution in [-0.4, -0.2) is 157 Å². The Balaban J connectivity index is 0.000000119. The lowest BCUT2D eigenvalue weighted by Crippen LogP contribution is -2.26. The molecule has 4 saturated heterocycles. The van der Waals surface area contributed by atoms with Crippen LogP contribution < -0.4 is 60.8 Å². The maximum Gasteiger partial charge on any atom is 0.282 e. The van der Waals surface area contributed by atoms with Crippen LogP contribution in [0.5, 0.6) is 23.0 Å². The molecule has 0 atom stereocenters. The molecule has 20 rings (SSSR count). The molecule has 0 N–H and O–H groups in total. The van der Waals surface area contributed by atoms with Crippen LogP contribution >= 0.6 is 69.6 Å². The smallest absolute Gasteiger partial charge is 0.282 e. The topological polar surface area (TPSA) is 259 Å². The molecule has 8 aromatic carbocycles. The molecule has 12 heterocycles. The maximum absolute atomic E-state index is 12.9. The number of hydrogen-bond donors (Lipinski definition) is 0. The molecule has 4 fully saturated rings. The zero-order valence-corrected chi connectivity index (χ0v) is 74.8. The van der Waals surface area contributed by atoms with E-state index in [0.717, 1.165) is 183 Å². The van der Waals surface area contributed by atoms with Crippen molar-refractivity contribution >= 4 is 160 Å². The van der Waals surface area contributed by atoms with Gasteiger partial charge < -0.3 is 38.5 Å². The van der Waals surface area contributed by atoms with Crippen LogP contribution in [0.2, 0.25) is 30.1 Å². The molecule has 0 unspecified atom stereocenters. The monoisotopic (exact) mass is 1820 g/mol. The molecule has 8 aromatic heterocycles. The summed E-state index contributed by atoms with van der Waals surface area (Å²) in [5, 5.41) is 24.8. The molecule has 28 nitrogen and oxygen atoms in total. The van der Waals surface area contributed by atoms with Gasteiger partial charge in [-0.3, -0.25) is 19.2 Å². The van der Waals surface area contributed by atoms with Crippen LogP contribution in [0.3, 0.4) is 0 Å². The molecule has 0 saturated carbocycles. The summed E-state index contributed by atoms with van der Waals surface area (Å²) in [6, 6.07) is 48.3. The Bertz CT molecular complexity index is 6960. The highest BCUT2D eigenvalue weighted by atomic mass is 35.5. The Hall–Kier alpha value is -11.7. The van der Waals surface area contributed by atoms with Crippen molar-refractivity contribution < 1.29 is 18.9 Å². The third-order valence-electron chi connectivity index (χ3n) is 23.5. The fourth-order valence-corrected chi connectivity index (χ4v) is 18.1. The van der Waals surface area contributed by atoms with E-state index in [9.17, 15) is 19.2 Å². The van der Waals surface area contributed by atoms with E-state index in [-0.39, 0.29) is 22.2 Å². The highest BCUT2D eigenvalue weighted by Crippen LogP contribution is 2.35. The first kappa shape index (κ1) is 86.5. The Morgan fingerprint density at radius 3 is 0.897 bits per heavy atom. The fourth-order valence-electron chi connectivity index (χ4n) is 17.1. The fraction of sp³-hybridized carbons (Fsp3) is 0.348. The van der Waals surface area contributed by atoms with Crippen molar-refractivity contribution in [1.29, 1.82) is 0 Å². The molecule has 0 spiro atoms. The Morgan fingerprint density at radius 2 is 0.579 bits per heavy atom. The van der Waals surface area contributed by atoms with Crippen molar-refractivity contribution in [1.82, 2.24) is 76.7 Å². The first-order valence-corrected chi connectivity index (χ1v) is 44.9. The van der Waals surface area contributed by atoms with Crippen LogP contribution in [-0.2, 0) is 26.2 Å². The average molecular weight is 1820 g/mol. The number of aromatic nitrogens is 16. The largest absolute Gasteiger partial charge is 0.497 e. The first-order valence-electron chi connectivity index (χ1n) is 42.6. The second-order valence-corrected chi connectivity index (χ2v) is 34.5. The Morgan fingerprint density at radius 1 is 0.278 bits per heavy atom. The molecule has 126 heavy (non-hydrogen) atoms. The molecule has 4 aliphatic heterocycles. The second-order valence-electron chi connectivity index (χ2n) is 31.9. The normalized spacial score (nSPS) is 14.8. The average Bonchev–Trinajstić information content (AvgIpc) is 1.59. The number of fused-ring (bicyclic) bond motifs is 12. The number of methoxy groups -OCH3 is 4. The van der Waals surface area contributed by atoms with Crippen molar-refractivity contribution in [2.45, 2.75) is 129 Å². The summed E-state index contributed by atoms with van der Waals surface area (Å²) in [5.41, 5.74) is 5.79. The van der Waals surface area contributed by atoms with Crippen LogP contribution in [0, 0.1) is 0 Å². The third kappa shape index (κ3) is 18.5. The van der Waals surface area contributed by atoms with E-state index in [1.165, 1.54) is 51.4 Å². The lowest BCUT2D eigenvalue weighted by Gasteiger charge is -2.20. The molecule has 34 heteroatoms. The van der Waals surface area contributed by atoms with Crippen molar-refractivity contribution in [3.05, 3.63) is 252 Å². The summed E-state index contributed by atoms with van der Waals surface area (Å²) in [6.07, 6.45) is 18.7. The van der Waals surface area contributed by atoms with Gasteiger partial charge in [0.25, 0.3) is 22.2 Å². The van der Waals surface area contributed by atoms with E-state index in [0.29, 0.717) is 112 Å². The van der Waals surface area contributed by atoms with Crippen molar-refractivity contribution in [3.8, 4) is 23.0 Å². The van der Waals surface area contributed by atoms with Gasteiger partial charge in [0.05, 0.1) is 108 Å². The zero-order valence-electron chi connectivity index (χ0n) is 70.3. The van der Waals surface area contributed by atoms with E-state index in [4.69, 9.17) is 109 Å². The van der Waals surface area contributed by atoms with Gasteiger partial charge in [-0.15, -0.1) is 20.4 Å². The van der Waals surface area contributed by atoms with Gasteiger partial charge in [0.1, 0.15) is 11.5 Å². The molecule has 16 aromatic rings. The Kier molecular flexibility index (Phi) is 26.5. The molecule has 652 valence electrons. The van der Waals surface area contributed by atoms with Crippen LogP contribution in [0.25, 0.3) is 66.7 Å². The first-order chi connectivity index (χ1) is 61.4. The van der Waals surface area contributed by atoms with Gasteiger partial charge >= 0.3 is 0 Å². The van der Waals surface area contributed by atoms with Gasteiger partial charge in [-0.25, -0.2) is 36.3 Å². The third-order valence-corrected chi connectivity index (χ3v) is 25.2.